The highest BCUT2D eigenvalue weighted by molar-refractivity contribution is 9.10. The van der Waals surface area contributed by atoms with Gasteiger partial charge in [-0.3, -0.25) is 0 Å². The topological polar surface area (TPSA) is 47.0 Å². The van der Waals surface area contributed by atoms with E-state index < -0.39 is 8.32 Å². The number of nitrogens with zero attached hydrogens (tertiary/aromatic N) is 2. The third kappa shape index (κ3) is 2.63. The molecule has 4 nitrogen and oxygen atoms in total. The summed E-state index contributed by atoms with van der Waals surface area (Å²) in [6.07, 6.45) is 5.12. The second kappa shape index (κ2) is 4.77. The van der Waals surface area contributed by atoms with Crippen molar-refractivity contribution in [3.8, 4) is 0 Å². The highest BCUT2D eigenvalue weighted by atomic mass is 79.9. The largest absolute Gasteiger partial charge is 0.411 e. The molecule has 1 N–H and O–H groups in total. The van der Waals surface area contributed by atoms with Crippen LogP contribution in [-0.4, -0.2) is 29.4 Å². The van der Waals surface area contributed by atoms with Crippen LogP contribution in [0.15, 0.2) is 10.7 Å². The molecule has 1 heterocycles. The zero-order valence-electron chi connectivity index (χ0n) is 14.4. The number of anilines is 1. The summed E-state index contributed by atoms with van der Waals surface area (Å²) in [5.41, 5.74) is 0.316. The van der Waals surface area contributed by atoms with Gasteiger partial charge >= 0.3 is 0 Å². The lowest BCUT2D eigenvalue weighted by Crippen LogP contribution is -2.78. The van der Waals surface area contributed by atoms with E-state index in [2.05, 4.69) is 65.1 Å². The van der Waals surface area contributed by atoms with E-state index in [9.17, 15) is 0 Å². The molecular weight excluding hydrogens is 358 g/mol. The Balaban J connectivity index is 1.64. The average molecular weight is 384 g/mol. The molecule has 0 amide bonds. The van der Waals surface area contributed by atoms with E-state index >= 15 is 0 Å². The van der Waals surface area contributed by atoms with Gasteiger partial charge in [0.15, 0.2) is 8.32 Å². The van der Waals surface area contributed by atoms with Crippen LogP contribution in [0, 0.1) is 6.92 Å². The Morgan fingerprint density at radius 2 is 1.86 bits per heavy atom. The zero-order chi connectivity index (χ0) is 16.4. The van der Waals surface area contributed by atoms with E-state index in [0.29, 0.717) is 0 Å². The molecule has 0 atom stereocenters. The lowest BCUT2D eigenvalue weighted by Gasteiger charge is -2.72. The molecule has 3 aliphatic rings. The predicted molar refractivity (Wildman–Crippen MR) is 95.7 cm³/mol. The smallest absolute Gasteiger partial charge is 0.192 e. The first-order chi connectivity index (χ1) is 9.96. The number of aryl methyl sites for hydroxylation is 1. The highest BCUT2D eigenvalue weighted by Gasteiger charge is 2.70. The van der Waals surface area contributed by atoms with Crippen molar-refractivity contribution >= 4 is 30.1 Å². The molecule has 2 bridgehead atoms. The van der Waals surface area contributed by atoms with Crippen molar-refractivity contribution in [1.82, 2.24) is 9.97 Å². The van der Waals surface area contributed by atoms with Gasteiger partial charge in [0.25, 0.3) is 0 Å². The lowest BCUT2D eigenvalue weighted by atomic mass is 9.46. The maximum absolute atomic E-state index is 6.66. The first-order valence-corrected chi connectivity index (χ1v) is 11.6. The molecule has 22 heavy (non-hydrogen) atoms. The van der Waals surface area contributed by atoms with Gasteiger partial charge in [-0.15, -0.1) is 0 Å². The van der Waals surface area contributed by atoms with Crippen molar-refractivity contribution in [3.63, 3.8) is 0 Å². The number of halogens is 1. The van der Waals surface area contributed by atoms with E-state index in [1.165, 1.54) is 0 Å². The molecule has 0 saturated heterocycles. The molecule has 0 radical (unpaired) electrons. The summed E-state index contributed by atoms with van der Waals surface area (Å²) in [6.45, 7) is 13.5. The van der Waals surface area contributed by atoms with Gasteiger partial charge in [-0.25, -0.2) is 9.97 Å². The summed E-state index contributed by atoms with van der Waals surface area (Å²) >= 11 is 3.53. The molecule has 1 aromatic rings. The van der Waals surface area contributed by atoms with Crippen LogP contribution in [-0.2, 0) is 4.43 Å². The second-order valence-electron chi connectivity index (χ2n) is 8.59. The van der Waals surface area contributed by atoms with Crippen molar-refractivity contribution in [2.45, 2.75) is 76.2 Å². The van der Waals surface area contributed by atoms with Gasteiger partial charge in [-0.2, -0.15) is 0 Å². The fourth-order valence-corrected chi connectivity index (χ4v) is 5.32. The van der Waals surface area contributed by atoms with Gasteiger partial charge < -0.3 is 9.74 Å². The van der Waals surface area contributed by atoms with E-state index in [0.717, 1.165) is 35.4 Å². The van der Waals surface area contributed by atoms with Crippen LogP contribution in [0.3, 0.4) is 0 Å². The summed E-state index contributed by atoms with van der Waals surface area (Å²) < 4.78 is 7.60. The fourth-order valence-electron chi connectivity index (χ4n) is 3.42. The fraction of sp³-hybridized carbons (Fsp3) is 0.750. The Labute approximate surface area is 142 Å². The van der Waals surface area contributed by atoms with E-state index in [-0.39, 0.29) is 16.2 Å². The summed E-state index contributed by atoms with van der Waals surface area (Å²) in [5.74, 6) is 1.71. The first kappa shape index (κ1) is 16.4. The third-order valence-electron chi connectivity index (χ3n) is 5.51. The molecular formula is C16H26BrN3OSi. The molecule has 0 spiro atoms. The maximum atomic E-state index is 6.66. The standard InChI is InChI=1S/C16H26BrN3OSi/c1-11-18-7-12(17)13(19-11)20-15-8-16(9-15,10-15)21-22(5,6)14(2,3)4/h7H,8-10H2,1-6H3,(H,18,19,20). The second-order valence-corrected chi connectivity index (χ2v) is 14.2. The highest BCUT2D eigenvalue weighted by Crippen LogP contribution is 2.65. The van der Waals surface area contributed by atoms with Crippen LogP contribution >= 0.6 is 15.9 Å². The molecule has 3 aliphatic carbocycles. The van der Waals surface area contributed by atoms with E-state index in [4.69, 9.17) is 4.43 Å². The maximum Gasteiger partial charge on any atom is 0.192 e. The third-order valence-corrected chi connectivity index (χ3v) is 10.6. The summed E-state index contributed by atoms with van der Waals surface area (Å²) in [7, 11) is -1.68. The van der Waals surface area contributed by atoms with Crippen molar-refractivity contribution in [2.75, 3.05) is 5.32 Å². The molecule has 4 rings (SSSR count). The predicted octanol–water partition coefficient (Wildman–Crippen LogP) is 4.66. The van der Waals surface area contributed by atoms with Crippen molar-refractivity contribution in [1.29, 1.82) is 0 Å². The van der Waals surface area contributed by atoms with Gasteiger partial charge in [0, 0.05) is 11.7 Å². The Bertz CT molecular complexity index is 592. The number of rotatable bonds is 4. The minimum absolute atomic E-state index is 0.130. The molecule has 0 aliphatic heterocycles. The monoisotopic (exact) mass is 383 g/mol. The molecule has 0 unspecified atom stereocenters. The van der Waals surface area contributed by atoms with Crippen molar-refractivity contribution < 1.29 is 4.43 Å². The molecule has 3 fully saturated rings. The Hall–Kier alpha value is -0.463. The molecule has 6 heteroatoms. The van der Waals surface area contributed by atoms with Crippen LogP contribution in [0.5, 0.6) is 0 Å². The molecule has 0 aromatic carbocycles. The van der Waals surface area contributed by atoms with Gasteiger partial charge in [0.2, 0.25) is 0 Å². The number of nitrogens with one attached hydrogen (secondary N) is 1. The number of hydrogen-bond donors (Lipinski definition) is 1. The quantitative estimate of drug-likeness (QED) is 0.768. The van der Waals surface area contributed by atoms with Crippen molar-refractivity contribution in [2.24, 2.45) is 0 Å². The van der Waals surface area contributed by atoms with Crippen LogP contribution in [0.2, 0.25) is 18.1 Å². The van der Waals surface area contributed by atoms with Gasteiger partial charge in [0.1, 0.15) is 11.6 Å². The van der Waals surface area contributed by atoms with Gasteiger partial charge in [0.05, 0.1) is 10.1 Å². The normalized spacial score (nSPS) is 30.5. The molecule has 122 valence electrons. The Morgan fingerprint density at radius 3 is 2.41 bits per heavy atom. The summed E-state index contributed by atoms with van der Waals surface area (Å²) in [4.78, 5) is 8.70. The molecule has 3 saturated carbocycles. The zero-order valence-corrected chi connectivity index (χ0v) is 17.0. The van der Waals surface area contributed by atoms with Gasteiger partial charge in [-0.1, -0.05) is 20.8 Å². The van der Waals surface area contributed by atoms with Crippen LogP contribution in [0.25, 0.3) is 0 Å². The van der Waals surface area contributed by atoms with Crippen LogP contribution in [0.4, 0.5) is 5.82 Å². The Morgan fingerprint density at radius 1 is 1.27 bits per heavy atom. The number of hydrogen-bond acceptors (Lipinski definition) is 4. The van der Waals surface area contributed by atoms with Crippen LogP contribution < -0.4 is 5.32 Å². The van der Waals surface area contributed by atoms with Crippen molar-refractivity contribution in [3.05, 3.63) is 16.5 Å². The van der Waals surface area contributed by atoms with Gasteiger partial charge in [-0.05, 0) is 60.2 Å². The van der Waals surface area contributed by atoms with E-state index in [1.54, 1.807) is 0 Å². The Kier molecular flexibility index (Phi) is 3.56. The first-order valence-electron chi connectivity index (χ1n) is 7.94. The average Bonchev–Trinajstić information content (AvgIpc) is 2.27. The SMILES string of the molecule is Cc1ncc(Br)c(NC23CC(O[Si](C)(C)C(C)(C)C)(C2)C3)n1. The van der Waals surface area contributed by atoms with E-state index in [1.807, 2.05) is 13.1 Å². The number of aromatic nitrogens is 2. The minimum Gasteiger partial charge on any atom is -0.411 e. The summed E-state index contributed by atoms with van der Waals surface area (Å²) in [5, 5.41) is 3.89. The van der Waals surface area contributed by atoms with Crippen LogP contribution in [0.1, 0.15) is 45.9 Å². The molecule has 1 aromatic heterocycles. The minimum atomic E-state index is -1.68. The summed E-state index contributed by atoms with van der Waals surface area (Å²) in [6, 6.07) is 0. The lowest BCUT2D eigenvalue weighted by molar-refractivity contribution is -0.184.